The van der Waals surface area contributed by atoms with Crippen LogP contribution in [0.5, 0.6) is 0 Å². The van der Waals surface area contributed by atoms with Gasteiger partial charge in [0.2, 0.25) is 5.91 Å². The van der Waals surface area contributed by atoms with Gasteiger partial charge in [-0.3, -0.25) is 4.79 Å². The third kappa shape index (κ3) is 3.93. The molecule has 2 N–H and O–H groups in total. The molecule has 0 bridgehead atoms. The number of carbonyl (C=O) groups is 3. The lowest BCUT2D eigenvalue weighted by Gasteiger charge is -2.27. The lowest BCUT2D eigenvalue weighted by molar-refractivity contribution is -0.151. The summed E-state index contributed by atoms with van der Waals surface area (Å²) in [6, 6.07) is 16.3. The molecule has 0 unspecified atom stereocenters. The molecule has 0 aliphatic heterocycles. The highest BCUT2D eigenvalue weighted by molar-refractivity contribution is 5.89. The Balaban J connectivity index is 1.18. The molecule has 3 aliphatic rings. The number of likely N-dealkylation sites (N-methyl/N-ethyl adjacent to an activating group) is 1. The fraction of sp³-hybridized carbons (Fsp3) is 0.444. The van der Waals surface area contributed by atoms with Crippen LogP contribution in [0.2, 0.25) is 0 Å². The summed E-state index contributed by atoms with van der Waals surface area (Å²) in [5.41, 5.74) is 3.65. The molecule has 2 aromatic carbocycles. The molecular weight excluding hydrogens is 432 g/mol. The first-order valence-corrected chi connectivity index (χ1v) is 12.0. The lowest BCUT2D eigenvalue weighted by Crippen LogP contribution is -2.46. The van der Waals surface area contributed by atoms with E-state index in [0.29, 0.717) is 12.8 Å². The molecule has 2 fully saturated rings. The number of ether oxygens (including phenoxy) is 1. The Bertz CT molecular complexity index is 1080. The number of carbonyl (C=O) groups excluding carboxylic acids is 2. The van der Waals surface area contributed by atoms with Crippen LogP contribution in [0.25, 0.3) is 11.1 Å². The van der Waals surface area contributed by atoms with Crippen LogP contribution >= 0.6 is 0 Å². The van der Waals surface area contributed by atoms with E-state index in [4.69, 9.17) is 4.74 Å². The first kappa shape index (κ1) is 22.4. The van der Waals surface area contributed by atoms with E-state index in [0.717, 1.165) is 30.4 Å². The lowest BCUT2D eigenvalue weighted by atomic mass is 9.98. The van der Waals surface area contributed by atoms with Gasteiger partial charge >= 0.3 is 12.1 Å². The zero-order valence-electron chi connectivity index (χ0n) is 19.3. The van der Waals surface area contributed by atoms with Crippen molar-refractivity contribution in [1.29, 1.82) is 0 Å². The summed E-state index contributed by atoms with van der Waals surface area (Å²) in [5.74, 6) is -1.13. The number of benzene rings is 2. The third-order valence-electron chi connectivity index (χ3n) is 7.88. The van der Waals surface area contributed by atoms with Crippen molar-refractivity contribution in [3.8, 4) is 11.1 Å². The van der Waals surface area contributed by atoms with Gasteiger partial charge in [0.1, 0.15) is 12.1 Å². The van der Waals surface area contributed by atoms with Crippen LogP contribution in [0.4, 0.5) is 4.79 Å². The minimum absolute atomic E-state index is 0.00139. The maximum atomic E-state index is 12.8. The predicted octanol–water partition coefficient (Wildman–Crippen LogP) is 4.16. The summed E-state index contributed by atoms with van der Waals surface area (Å²) in [4.78, 5) is 38.4. The van der Waals surface area contributed by atoms with Crippen LogP contribution in [0, 0.1) is 5.92 Å². The van der Waals surface area contributed by atoms with Crippen molar-refractivity contribution in [3.05, 3.63) is 59.7 Å². The first-order valence-electron chi connectivity index (χ1n) is 12.0. The Morgan fingerprint density at radius 3 is 2.24 bits per heavy atom. The highest BCUT2D eigenvalue weighted by atomic mass is 16.5. The Morgan fingerprint density at radius 2 is 1.65 bits per heavy atom. The molecule has 0 radical (unpaired) electrons. The molecule has 0 aromatic heterocycles. The van der Waals surface area contributed by atoms with E-state index in [1.165, 1.54) is 16.0 Å². The van der Waals surface area contributed by atoms with Gasteiger partial charge in [0.15, 0.2) is 0 Å². The Morgan fingerprint density at radius 1 is 1.03 bits per heavy atom. The van der Waals surface area contributed by atoms with Crippen LogP contribution in [0.15, 0.2) is 48.5 Å². The fourth-order valence-electron chi connectivity index (χ4n) is 5.67. The summed E-state index contributed by atoms with van der Waals surface area (Å²) in [6.45, 7) is 0.250. The van der Waals surface area contributed by atoms with Gasteiger partial charge in [-0.05, 0) is 53.9 Å². The molecule has 3 aliphatic carbocycles. The standard InChI is InChI=1S/C27H30N2O5/c1-29(27(13-14-27)25(31)32)24(30)15-17-7-6-12-23(17)28-26(33)34-16-22-20-10-4-2-8-18(20)19-9-3-5-11-21(19)22/h2-5,8-11,17,22-23H,6-7,12-16H2,1H3,(H,28,33)(H,31,32)/t17-,23+/m0/s1. The van der Waals surface area contributed by atoms with Crippen molar-refractivity contribution in [2.45, 2.75) is 56.0 Å². The van der Waals surface area contributed by atoms with E-state index in [-0.39, 0.29) is 36.8 Å². The SMILES string of the molecule is CN(C(=O)C[C@@H]1CCC[C@H]1NC(=O)OCC1c2ccccc2-c2ccccc21)C1(C(=O)O)CC1. The number of hydrogen-bond acceptors (Lipinski definition) is 4. The number of hydrogen-bond donors (Lipinski definition) is 2. The largest absolute Gasteiger partial charge is 0.479 e. The summed E-state index contributed by atoms with van der Waals surface area (Å²) >= 11 is 0. The number of nitrogens with zero attached hydrogens (tertiary/aromatic N) is 1. The molecule has 2 atom stereocenters. The Labute approximate surface area is 199 Å². The fourth-order valence-corrected chi connectivity index (χ4v) is 5.67. The average molecular weight is 463 g/mol. The smallest absolute Gasteiger partial charge is 0.407 e. The first-order chi connectivity index (χ1) is 16.4. The Kier molecular flexibility index (Phi) is 5.80. The zero-order valence-corrected chi connectivity index (χ0v) is 19.3. The normalized spacial score (nSPS) is 21.9. The predicted molar refractivity (Wildman–Crippen MR) is 126 cm³/mol. The van der Waals surface area contributed by atoms with Gasteiger partial charge in [0, 0.05) is 25.4 Å². The quantitative estimate of drug-likeness (QED) is 0.644. The summed E-state index contributed by atoms with van der Waals surface area (Å²) in [5, 5.41) is 12.4. The van der Waals surface area contributed by atoms with Crippen molar-refractivity contribution in [2.24, 2.45) is 5.92 Å². The topological polar surface area (TPSA) is 95.9 Å². The van der Waals surface area contributed by atoms with Gasteiger partial charge < -0.3 is 20.1 Å². The molecule has 2 saturated carbocycles. The van der Waals surface area contributed by atoms with Gasteiger partial charge in [0.05, 0.1) is 0 Å². The van der Waals surface area contributed by atoms with Crippen molar-refractivity contribution in [3.63, 3.8) is 0 Å². The second-order valence-electron chi connectivity index (χ2n) is 9.76. The average Bonchev–Trinajstić information content (AvgIpc) is 3.46. The molecule has 7 nitrogen and oxygen atoms in total. The molecule has 0 spiro atoms. The van der Waals surface area contributed by atoms with Gasteiger partial charge in [0.25, 0.3) is 0 Å². The second kappa shape index (κ2) is 8.78. The molecule has 178 valence electrons. The van der Waals surface area contributed by atoms with Crippen LogP contribution in [0.3, 0.4) is 0 Å². The highest BCUT2D eigenvalue weighted by Gasteiger charge is 2.55. The molecule has 34 heavy (non-hydrogen) atoms. The van der Waals surface area contributed by atoms with E-state index >= 15 is 0 Å². The monoisotopic (exact) mass is 462 g/mol. The van der Waals surface area contributed by atoms with Crippen LogP contribution in [-0.4, -0.2) is 53.2 Å². The van der Waals surface area contributed by atoms with E-state index in [9.17, 15) is 19.5 Å². The van der Waals surface area contributed by atoms with E-state index in [1.54, 1.807) is 7.05 Å². The highest BCUT2D eigenvalue weighted by Crippen LogP contribution is 2.45. The molecule has 2 aromatic rings. The Hall–Kier alpha value is -3.35. The summed E-state index contributed by atoms with van der Waals surface area (Å²) in [6.07, 6.45) is 3.29. The van der Waals surface area contributed by atoms with Crippen molar-refractivity contribution >= 4 is 18.0 Å². The van der Waals surface area contributed by atoms with Crippen molar-refractivity contribution in [2.75, 3.05) is 13.7 Å². The summed E-state index contributed by atoms with van der Waals surface area (Å²) in [7, 11) is 1.58. The molecule has 2 amide bonds. The minimum atomic E-state index is -1.04. The third-order valence-corrected chi connectivity index (χ3v) is 7.88. The molecule has 7 heteroatoms. The van der Waals surface area contributed by atoms with Gasteiger partial charge in [-0.15, -0.1) is 0 Å². The summed E-state index contributed by atoms with van der Waals surface area (Å²) < 4.78 is 5.67. The van der Waals surface area contributed by atoms with Crippen LogP contribution in [-0.2, 0) is 14.3 Å². The number of aliphatic carboxylic acids is 1. The van der Waals surface area contributed by atoms with E-state index in [1.807, 2.05) is 24.3 Å². The molecule has 0 heterocycles. The number of carboxylic acids is 1. The number of carboxylic acid groups (broad SMARTS) is 1. The number of amides is 2. The number of alkyl carbamates (subject to hydrolysis) is 1. The second-order valence-corrected chi connectivity index (χ2v) is 9.76. The molecule has 5 rings (SSSR count). The zero-order chi connectivity index (χ0) is 23.9. The van der Waals surface area contributed by atoms with Crippen molar-refractivity contribution < 1.29 is 24.2 Å². The van der Waals surface area contributed by atoms with E-state index in [2.05, 4.69) is 29.6 Å². The maximum absolute atomic E-state index is 12.8. The maximum Gasteiger partial charge on any atom is 0.407 e. The van der Waals surface area contributed by atoms with Gasteiger partial charge in [-0.1, -0.05) is 55.0 Å². The van der Waals surface area contributed by atoms with Gasteiger partial charge in [-0.2, -0.15) is 0 Å². The van der Waals surface area contributed by atoms with Gasteiger partial charge in [-0.25, -0.2) is 9.59 Å². The van der Waals surface area contributed by atoms with E-state index < -0.39 is 17.6 Å². The number of rotatable bonds is 7. The number of nitrogens with one attached hydrogen (secondary N) is 1. The van der Waals surface area contributed by atoms with Crippen LogP contribution in [0.1, 0.15) is 55.6 Å². The van der Waals surface area contributed by atoms with Crippen molar-refractivity contribution in [1.82, 2.24) is 10.2 Å². The molecular formula is C27H30N2O5. The van der Waals surface area contributed by atoms with Crippen LogP contribution < -0.4 is 5.32 Å². The number of fused-ring (bicyclic) bond motifs is 3. The molecule has 0 saturated heterocycles. The minimum Gasteiger partial charge on any atom is -0.479 e.